The number of nitro benzene ring substituents is 1. The number of carbonyl (C=O) groups is 3. The number of esters is 1. The van der Waals surface area contributed by atoms with Crippen molar-refractivity contribution in [1.82, 2.24) is 0 Å². The van der Waals surface area contributed by atoms with Crippen LogP contribution in [0, 0.1) is 16.0 Å². The number of nitrogens with one attached hydrogen (secondary N) is 1. The SMILES string of the molecule is NC(=O)c1c(NC(=O)COC(=O)C2CCN(c3ccccc3[N+](=O)[O-])CC2)sc2c1CCC2. The Bertz CT molecular complexity index is 1110. The van der Waals surface area contributed by atoms with Gasteiger partial charge in [0.1, 0.15) is 10.7 Å². The number of fused-ring (bicyclic) bond motifs is 1. The van der Waals surface area contributed by atoms with Crippen LogP contribution in [0.2, 0.25) is 0 Å². The molecule has 2 amide bonds. The van der Waals surface area contributed by atoms with Crippen molar-refractivity contribution in [2.45, 2.75) is 32.1 Å². The van der Waals surface area contributed by atoms with Gasteiger partial charge in [-0.2, -0.15) is 0 Å². The third kappa shape index (κ3) is 4.82. The summed E-state index contributed by atoms with van der Waals surface area (Å²) < 4.78 is 5.21. The number of hydrogen-bond acceptors (Lipinski definition) is 8. The monoisotopic (exact) mass is 472 g/mol. The average molecular weight is 473 g/mol. The van der Waals surface area contributed by atoms with Crippen molar-refractivity contribution in [3.8, 4) is 0 Å². The van der Waals surface area contributed by atoms with Gasteiger partial charge in [-0.3, -0.25) is 24.5 Å². The van der Waals surface area contributed by atoms with Gasteiger partial charge in [0.15, 0.2) is 6.61 Å². The predicted molar refractivity (Wildman–Crippen MR) is 122 cm³/mol. The second-order valence-electron chi connectivity index (χ2n) is 8.09. The van der Waals surface area contributed by atoms with E-state index < -0.39 is 29.3 Å². The van der Waals surface area contributed by atoms with E-state index >= 15 is 0 Å². The van der Waals surface area contributed by atoms with Crippen LogP contribution in [-0.2, 0) is 27.2 Å². The number of hydrogen-bond donors (Lipinski definition) is 2. The summed E-state index contributed by atoms with van der Waals surface area (Å²) in [4.78, 5) is 50.4. The van der Waals surface area contributed by atoms with Crippen LogP contribution < -0.4 is 16.0 Å². The van der Waals surface area contributed by atoms with Gasteiger partial charge < -0.3 is 20.7 Å². The smallest absolute Gasteiger partial charge is 0.309 e. The fourth-order valence-corrected chi connectivity index (χ4v) is 5.72. The summed E-state index contributed by atoms with van der Waals surface area (Å²) in [5.74, 6) is -1.96. The Labute approximate surface area is 193 Å². The number of piperidine rings is 1. The van der Waals surface area contributed by atoms with Crippen molar-refractivity contribution in [1.29, 1.82) is 0 Å². The molecule has 3 N–H and O–H groups in total. The van der Waals surface area contributed by atoms with E-state index in [0.717, 1.165) is 29.7 Å². The number of carbonyl (C=O) groups excluding carboxylic acids is 3. The summed E-state index contributed by atoms with van der Waals surface area (Å²) in [5.41, 5.74) is 7.32. The molecule has 1 aromatic carbocycles. The molecule has 0 atom stereocenters. The van der Waals surface area contributed by atoms with Crippen molar-refractivity contribution in [2.75, 3.05) is 29.9 Å². The fourth-order valence-electron chi connectivity index (χ4n) is 4.41. The number of para-hydroxylation sites is 2. The van der Waals surface area contributed by atoms with Gasteiger partial charge in [-0.05, 0) is 43.7 Å². The predicted octanol–water partition coefficient (Wildman–Crippen LogP) is 2.64. The van der Waals surface area contributed by atoms with Gasteiger partial charge in [-0.1, -0.05) is 12.1 Å². The standard InChI is InChI=1S/C22H24N4O6S/c23-20(28)19-14-4-3-7-17(14)33-21(19)24-18(27)12-32-22(29)13-8-10-25(11-9-13)15-5-1-2-6-16(15)26(30)31/h1-2,5-6,13H,3-4,7-12H2,(H2,23,28)(H,24,27). The molecule has 11 heteroatoms. The van der Waals surface area contributed by atoms with Gasteiger partial charge in [0.25, 0.3) is 17.5 Å². The minimum Gasteiger partial charge on any atom is -0.455 e. The van der Waals surface area contributed by atoms with E-state index in [1.54, 1.807) is 18.2 Å². The quantitative estimate of drug-likeness (QED) is 0.358. The van der Waals surface area contributed by atoms with Crippen LogP contribution in [0.3, 0.4) is 0 Å². The summed E-state index contributed by atoms with van der Waals surface area (Å²) in [6.45, 7) is 0.489. The second kappa shape index (κ2) is 9.57. The lowest BCUT2D eigenvalue weighted by Gasteiger charge is -2.32. The van der Waals surface area contributed by atoms with Gasteiger partial charge in [-0.25, -0.2) is 0 Å². The lowest BCUT2D eigenvalue weighted by molar-refractivity contribution is -0.384. The topological polar surface area (TPSA) is 145 Å². The highest BCUT2D eigenvalue weighted by molar-refractivity contribution is 7.17. The van der Waals surface area contributed by atoms with E-state index in [-0.39, 0.29) is 11.6 Å². The van der Waals surface area contributed by atoms with Crippen LogP contribution in [0.5, 0.6) is 0 Å². The molecule has 10 nitrogen and oxygen atoms in total. The second-order valence-corrected chi connectivity index (χ2v) is 9.19. The van der Waals surface area contributed by atoms with Crippen LogP contribution in [0.15, 0.2) is 24.3 Å². The fraction of sp³-hybridized carbons (Fsp3) is 0.409. The van der Waals surface area contributed by atoms with E-state index in [0.29, 0.717) is 42.2 Å². The molecule has 174 valence electrons. The lowest BCUT2D eigenvalue weighted by Crippen LogP contribution is -2.37. The molecule has 1 aliphatic heterocycles. The number of thiophene rings is 1. The highest BCUT2D eigenvalue weighted by Gasteiger charge is 2.30. The summed E-state index contributed by atoms with van der Waals surface area (Å²) in [6.07, 6.45) is 3.52. The van der Waals surface area contributed by atoms with E-state index in [4.69, 9.17) is 10.5 Å². The van der Waals surface area contributed by atoms with Crippen molar-refractivity contribution < 1.29 is 24.0 Å². The van der Waals surface area contributed by atoms with Gasteiger partial charge in [0.2, 0.25) is 0 Å². The first-order valence-corrected chi connectivity index (χ1v) is 11.6. The molecule has 0 radical (unpaired) electrons. The maximum absolute atomic E-state index is 12.5. The number of nitrogens with zero attached hydrogens (tertiary/aromatic N) is 2. The highest BCUT2D eigenvalue weighted by Crippen LogP contribution is 2.38. The number of ether oxygens (including phenoxy) is 1. The normalized spacial score (nSPS) is 15.7. The third-order valence-corrected chi connectivity index (χ3v) is 7.22. The summed E-state index contributed by atoms with van der Waals surface area (Å²) in [5, 5.41) is 14.3. The summed E-state index contributed by atoms with van der Waals surface area (Å²) in [6, 6.07) is 6.52. The molecule has 1 fully saturated rings. The zero-order chi connectivity index (χ0) is 23.5. The van der Waals surface area contributed by atoms with Gasteiger partial charge in [0, 0.05) is 24.0 Å². The number of nitro groups is 1. The molecule has 1 aromatic heterocycles. The number of rotatable bonds is 7. The third-order valence-electron chi connectivity index (χ3n) is 6.01. The molecule has 33 heavy (non-hydrogen) atoms. The van der Waals surface area contributed by atoms with E-state index in [1.807, 2.05) is 4.90 Å². The summed E-state index contributed by atoms with van der Waals surface area (Å²) >= 11 is 1.34. The number of amides is 2. The molecule has 0 saturated carbocycles. The maximum atomic E-state index is 12.5. The molecule has 0 bridgehead atoms. The lowest BCUT2D eigenvalue weighted by atomic mass is 9.96. The van der Waals surface area contributed by atoms with E-state index in [9.17, 15) is 24.5 Å². The Balaban J connectivity index is 1.29. The first-order valence-electron chi connectivity index (χ1n) is 10.7. The van der Waals surface area contributed by atoms with Gasteiger partial charge in [0.05, 0.1) is 16.4 Å². The number of benzene rings is 1. The van der Waals surface area contributed by atoms with Crippen molar-refractivity contribution in [3.63, 3.8) is 0 Å². The Morgan fingerprint density at radius 1 is 1.21 bits per heavy atom. The first-order chi connectivity index (χ1) is 15.8. The molecule has 2 heterocycles. The van der Waals surface area contributed by atoms with Crippen molar-refractivity contribution >= 4 is 45.5 Å². The van der Waals surface area contributed by atoms with Gasteiger partial charge >= 0.3 is 5.97 Å². The molecule has 2 aromatic rings. The molecular formula is C22H24N4O6S. The Morgan fingerprint density at radius 2 is 1.94 bits per heavy atom. The first kappa shape index (κ1) is 22.7. The van der Waals surface area contributed by atoms with Crippen molar-refractivity contribution in [3.05, 3.63) is 50.4 Å². The Morgan fingerprint density at radius 3 is 2.64 bits per heavy atom. The van der Waals surface area contributed by atoms with Crippen LogP contribution in [-0.4, -0.2) is 42.4 Å². The number of nitrogens with two attached hydrogens (primary N) is 1. The molecule has 1 aliphatic carbocycles. The Hall–Kier alpha value is -3.47. The number of anilines is 2. The summed E-state index contributed by atoms with van der Waals surface area (Å²) in [7, 11) is 0. The highest BCUT2D eigenvalue weighted by atomic mass is 32.1. The zero-order valence-corrected chi connectivity index (χ0v) is 18.7. The molecule has 0 unspecified atom stereocenters. The number of primary amides is 1. The molecular weight excluding hydrogens is 448 g/mol. The maximum Gasteiger partial charge on any atom is 0.309 e. The Kier molecular flexibility index (Phi) is 6.59. The average Bonchev–Trinajstić information content (AvgIpc) is 3.38. The molecule has 1 saturated heterocycles. The molecule has 2 aliphatic rings. The van der Waals surface area contributed by atoms with E-state index in [1.165, 1.54) is 17.4 Å². The van der Waals surface area contributed by atoms with Crippen LogP contribution in [0.25, 0.3) is 0 Å². The molecule has 0 spiro atoms. The molecule has 4 rings (SSSR count). The minimum atomic E-state index is -0.577. The van der Waals surface area contributed by atoms with E-state index in [2.05, 4.69) is 5.32 Å². The van der Waals surface area contributed by atoms with Crippen LogP contribution in [0.1, 0.15) is 40.1 Å². The van der Waals surface area contributed by atoms with Crippen LogP contribution in [0.4, 0.5) is 16.4 Å². The number of aryl methyl sites for hydroxylation is 1. The zero-order valence-electron chi connectivity index (χ0n) is 17.9. The largest absolute Gasteiger partial charge is 0.455 e. The van der Waals surface area contributed by atoms with Gasteiger partial charge in [-0.15, -0.1) is 11.3 Å². The van der Waals surface area contributed by atoms with Crippen LogP contribution >= 0.6 is 11.3 Å². The van der Waals surface area contributed by atoms with Crippen molar-refractivity contribution in [2.24, 2.45) is 11.7 Å². The minimum absolute atomic E-state index is 0.0325.